The molecule has 23 heavy (non-hydrogen) atoms. The summed E-state index contributed by atoms with van der Waals surface area (Å²) in [4.78, 5) is 21.8. The zero-order valence-corrected chi connectivity index (χ0v) is 12.6. The van der Waals surface area contributed by atoms with E-state index in [1.54, 1.807) is 10.9 Å². The number of hydrogen-bond acceptors (Lipinski definition) is 4. The highest BCUT2D eigenvalue weighted by Crippen LogP contribution is 2.22. The zero-order chi connectivity index (χ0) is 17.0. The van der Waals surface area contributed by atoms with Crippen molar-refractivity contribution in [3.05, 3.63) is 42.1 Å². The molecule has 0 saturated heterocycles. The lowest BCUT2D eigenvalue weighted by atomic mass is 9.91. The summed E-state index contributed by atoms with van der Waals surface area (Å²) in [6, 6.07) is 9.29. The molecule has 1 atom stereocenters. The summed E-state index contributed by atoms with van der Waals surface area (Å²) < 4.78 is 1.74. The maximum Gasteiger partial charge on any atom is 0.336 e. The number of aliphatic carboxylic acids is 2. The predicted octanol–water partition coefficient (Wildman–Crippen LogP) is 1.31. The SMILES string of the molecule is Cn1nccc1-c1ccc(CCC(O)(CC(=O)O)C(=O)O)cc1. The summed E-state index contributed by atoms with van der Waals surface area (Å²) in [7, 11) is 1.84. The van der Waals surface area contributed by atoms with Crippen LogP contribution in [0.5, 0.6) is 0 Å². The van der Waals surface area contributed by atoms with Crippen LogP contribution in [0.1, 0.15) is 18.4 Å². The van der Waals surface area contributed by atoms with Gasteiger partial charge in [0.2, 0.25) is 0 Å². The molecular formula is C16H18N2O5. The Kier molecular flexibility index (Phi) is 4.80. The van der Waals surface area contributed by atoms with E-state index in [0.29, 0.717) is 0 Å². The van der Waals surface area contributed by atoms with Crippen LogP contribution in [0.25, 0.3) is 11.3 Å². The molecule has 0 spiro atoms. The molecule has 0 aliphatic heterocycles. The number of nitrogens with zero attached hydrogens (tertiary/aromatic N) is 2. The molecule has 0 aliphatic rings. The van der Waals surface area contributed by atoms with Gasteiger partial charge in [0.15, 0.2) is 5.60 Å². The third-order valence-electron chi connectivity index (χ3n) is 3.74. The van der Waals surface area contributed by atoms with Crippen molar-refractivity contribution in [1.82, 2.24) is 9.78 Å². The van der Waals surface area contributed by atoms with Gasteiger partial charge in [-0.05, 0) is 30.0 Å². The lowest BCUT2D eigenvalue weighted by Gasteiger charge is -2.21. The van der Waals surface area contributed by atoms with Crippen molar-refractivity contribution in [3.63, 3.8) is 0 Å². The van der Waals surface area contributed by atoms with Gasteiger partial charge < -0.3 is 15.3 Å². The number of carbonyl (C=O) groups is 2. The number of benzene rings is 1. The number of aryl methyl sites for hydroxylation is 2. The van der Waals surface area contributed by atoms with E-state index in [1.807, 2.05) is 37.4 Å². The van der Waals surface area contributed by atoms with E-state index < -0.39 is 24.0 Å². The van der Waals surface area contributed by atoms with Crippen LogP contribution in [-0.4, -0.2) is 42.6 Å². The van der Waals surface area contributed by atoms with E-state index >= 15 is 0 Å². The largest absolute Gasteiger partial charge is 0.481 e. The van der Waals surface area contributed by atoms with Crippen LogP contribution >= 0.6 is 0 Å². The van der Waals surface area contributed by atoms with Crippen LogP contribution in [0.3, 0.4) is 0 Å². The molecule has 0 radical (unpaired) electrons. The molecule has 0 amide bonds. The Morgan fingerprint density at radius 2 is 1.83 bits per heavy atom. The summed E-state index contributed by atoms with van der Waals surface area (Å²) in [5.41, 5.74) is 0.477. The van der Waals surface area contributed by atoms with Gasteiger partial charge in [-0.25, -0.2) is 4.79 Å². The lowest BCUT2D eigenvalue weighted by Crippen LogP contribution is -2.41. The normalized spacial score (nSPS) is 13.5. The fourth-order valence-electron chi connectivity index (χ4n) is 2.37. The summed E-state index contributed by atoms with van der Waals surface area (Å²) >= 11 is 0. The van der Waals surface area contributed by atoms with Crippen molar-refractivity contribution >= 4 is 11.9 Å². The molecule has 1 aromatic carbocycles. The topological polar surface area (TPSA) is 113 Å². The first-order valence-electron chi connectivity index (χ1n) is 7.07. The molecule has 7 heteroatoms. The van der Waals surface area contributed by atoms with Gasteiger partial charge in [0.05, 0.1) is 12.1 Å². The average Bonchev–Trinajstić information content (AvgIpc) is 2.91. The Balaban J connectivity index is 2.07. The van der Waals surface area contributed by atoms with Gasteiger partial charge in [0.25, 0.3) is 0 Å². The van der Waals surface area contributed by atoms with E-state index in [-0.39, 0.29) is 12.8 Å². The molecule has 0 bridgehead atoms. The number of rotatable bonds is 7. The smallest absolute Gasteiger partial charge is 0.336 e. The van der Waals surface area contributed by atoms with Gasteiger partial charge in [-0.2, -0.15) is 5.10 Å². The van der Waals surface area contributed by atoms with Crippen LogP contribution in [-0.2, 0) is 23.1 Å². The first-order valence-corrected chi connectivity index (χ1v) is 7.07. The Hall–Kier alpha value is -2.67. The Labute approximate surface area is 132 Å². The highest BCUT2D eigenvalue weighted by atomic mass is 16.4. The number of aliphatic hydroxyl groups is 1. The van der Waals surface area contributed by atoms with Crippen molar-refractivity contribution in [2.45, 2.75) is 24.9 Å². The van der Waals surface area contributed by atoms with Crippen molar-refractivity contribution in [3.8, 4) is 11.3 Å². The summed E-state index contributed by atoms with van der Waals surface area (Å²) in [6.45, 7) is 0. The van der Waals surface area contributed by atoms with Crippen LogP contribution in [0.15, 0.2) is 36.5 Å². The third kappa shape index (κ3) is 3.95. The number of aromatic nitrogens is 2. The average molecular weight is 318 g/mol. The molecule has 2 rings (SSSR count). The molecule has 1 heterocycles. The molecule has 1 aromatic heterocycles. The highest BCUT2D eigenvalue weighted by molar-refractivity contribution is 5.83. The lowest BCUT2D eigenvalue weighted by molar-refractivity contribution is -0.166. The molecule has 0 aliphatic carbocycles. The minimum Gasteiger partial charge on any atom is -0.481 e. The van der Waals surface area contributed by atoms with E-state index in [0.717, 1.165) is 16.8 Å². The van der Waals surface area contributed by atoms with Gasteiger partial charge in [0.1, 0.15) is 0 Å². The highest BCUT2D eigenvalue weighted by Gasteiger charge is 2.38. The second-order valence-electron chi connectivity index (χ2n) is 5.44. The van der Waals surface area contributed by atoms with E-state index in [1.165, 1.54) is 0 Å². The third-order valence-corrected chi connectivity index (χ3v) is 3.74. The van der Waals surface area contributed by atoms with Gasteiger partial charge in [-0.3, -0.25) is 9.48 Å². The summed E-state index contributed by atoms with van der Waals surface area (Å²) in [5.74, 6) is -2.87. The van der Waals surface area contributed by atoms with Crippen LogP contribution in [0.2, 0.25) is 0 Å². The second-order valence-corrected chi connectivity index (χ2v) is 5.44. The molecular weight excluding hydrogens is 300 g/mol. The van der Waals surface area contributed by atoms with Gasteiger partial charge in [-0.15, -0.1) is 0 Å². The van der Waals surface area contributed by atoms with Crippen molar-refractivity contribution in [2.75, 3.05) is 0 Å². The Morgan fingerprint density at radius 3 is 2.30 bits per heavy atom. The molecule has 3 N–H and O–H groups in total. The fraction of sp³-hybridized carbons (Fsp3) is 0.312. The Morgan fingerprint density at radius 1 is 1.17 bits per heavy atom. The molecule has 0 fully saturated rings. The van der Waals surface area contributed by atoms with E-state index in [9.17, 15) is 14.7 Å². The number of carboxylic acids is 2. The van der Waals surface area contributed by atoms with E-state index in [4.69, 9.17) is 10.2 Å². The van der Waals surface area contributed by atoms with Crippen molar-refractivity contribution in [2.24, 2.45) is 7.05 Å². The maximum atomic E-state index is 11.1. The molecule has 7 nitrogen and oxygen atoms in total. The maximum absolute atomic E-state index is 11.1. The number of carboxylic acid groups (broad SMARTS) is 2. The quantitative estimate of drug-likeness (QED) is 0.709. The number of hydrogen-bond donors (Lipinski definition) is 3. The fourth-order valence-corrected chi connectivity index (χ4v) is 2.37. The standard InChI is InChI=1S/C16H18N2O5/c1-18-13(7-9-17-18)12-4-2-11(3-5-12)6-8-16(23,15(21)22)10-14(19)20/h2-5,7,9,23H,6,8,10H2,1H3,(H,19,20)(H,21,22). The van der Waals surface area contributed by atoms with Crippen molar-refractivity contribution < 1.29 is 24.9 Å². The van der Waals surface area contributed by atoms with E-state index in [2.05, 4.69) is 5.10 Å². The van der Waals surface area contributed by atoms with Crippen LogP contribution in [0, 0.1) is 0 Å². The van der Waals surface area contributed by atoms with Gasteiger partial charge in [-0.1, -0.05) is 24.3 Å². The summed E-state index contributed by atoms with van der Waals surface area (Å²) in [5, 5.41) is 31.8. The van der Waals surface area contributed by atoms with Gasteiger partial charge in [0, 0.05) is 13.2 Å². The first-order chi connectivity index (χ1) is 10.8. The molecule has 122 valence electrons. The molecule has 0 saturated carbocycles. The minimum absolute atomic E-state index is 0.167. The monoisotopic (exact) mass is 318 g/mol. The Bertz CT molecular complexity index is 708. The summed E-state index contributed by atoms with van der Waals surface area (Å²) in [6.07, 6.45) is 0.971. The predicted molar refractivity (Wildman–Crippen MR) is 81.8 cm³/mol. The second kappa shape index (κ2) is 6.62. The molecule has 1 unspecified atom stereocenters. The zero-order valence-electron chi connectivity index (χ0n) is 12.6. The van der Waals surface area contributed by atoms with Crippen LogP contribution in [0.4, 0.5) is 0 Å². The van der Waals surface area contributed by atoms with Crippen molar-refractivity contribution in [1.29, 1.82) is 0 Å². The van der Waals surface area contributed by atoms with Crippen LogP contribution < -0.4 is 0 Å². The van der Waals surface area contributed by atoms with Gasteiger partial charge >= 0.3 is 11.9 Å². The minimum atomic E-state index is -2.26. The molecule has 2 aromatic rings. The first kappa shape index (κ1) is 16.7.